The van der Waals surface area contributed by atoms with Crippen molar-refractivity contribution in [2.45, 2.75) is 25.1 Å². The van der Waals surface area contributed by atoms with Crippen LogP contribution >= 0.6 is 22.9 Å². The molecular formula is C12H14ClN3S. The lowest BCUT2D eigenvalue weighted by Crippen LogP contribution is -2.21. The topological polar surface area (TPSA) is 29.0 Å². The lowest BCUT2D eigenvalue weighted by atomic mass is 10.3. The highest BCUT2D eigenvalue weighted by molar-refractivity contribution is 7.18. The quantitative estimate of drug-likeness (QED) is 0.783. The summed E-state index contributed by atoms with van der Waals surface area (Å²) in [7, 11) is 0. The molecule has 0 aliphatic carbocycles. The van der Waals surface area contributed by atoms with E-state index in [1.54, 1.807) is 17.7 Å². The van der Waals surface area contributed by atoms with Gasteiger partial charge in [0.2, 0.25) is 0 Å². The summed E-state index contributed by atoms with van der Waals surface area (Å²) in [5, 5.41) is 1.43. The van der Waals surface area contributed by atoms with Gasteiger partial charge >= 0.3 is 0 Å². The predicted molar refractivity (Wildman–Crippen MR) is 73.3 cm³/mol. The van der Waals surface area contributed by atoms with Gasteiger partial charge in [-0.2, -0.15) is 0 Å². The molecule has 1 fully saturated rings. The van der Waals surface area contributed by atoms with Gasteiger partial charge in [0.1, 0.15) is 17.0 Å². The van der Waals surface area contributed by atoms with Gasteiger partial charge < -0.3 is 4.90 Å². The van der Waals surface area contributed by atoms with E-state index in [1.165, 1.54) is 10.3 Å². The van der Waals surface area contributed by atoms with Crippen LogP contribution in [-0.2, 0) is 6.42 Å². The molecule has 5 heteroatoms. The van der Waals surface area contributed by atoms with E-state index in [0.29, 0.717) is 0 Å². The Kier molecular flexibility index (Phi) is 2.92. The van der Waals surface area contributed by atoms with Crippen molar-refractivity contribution >= 4 is 39.0 Å². The zero-order valence-electron chi connectivity index (χ0n) is 9.69. The molecule has 2 aromatic heterocycles. The van der Waals surface area contributed by atoms with Crippen LogP contribution in [0.1, 0.15) is 18.2 Å². The summed E-state index contributed by atoms with van der Waals surface area (Å²) in [4.78, 5) is 13.5. The number of aromatic nitrogens is 2. The van der Waals surface area contributed by atoms with Crippen molar-refractivity contribution in [3.05, 3.63) is 17.3 Å². The third kappa shape index (κ3) is 2.00. The molecule has 90 valence electrons. The smallest absolute Gasteiger partial charge is 0.140 e. The van der Waals surface area contributed by atoms with Crippen molar-refractivity contribution in [2.75, 3.05) is 18.0 Å². The van der Waals surface area contributed by atoms with Crippen LogP contribution < -0.4 is 4.90 Å². The molecule has 3 rings (SSSR count). The van der Waals surface area contributed by atoms with E-state index in [1.807, 2.05) is 0 Å². The third-order valence-corrected chi connectivity index (χ3v) is 4.68. The van der Waals surface area contributed by atoms with Crippen molar-refractivity contribution in [1.82, 2.24) is 9.97 Å². The number of fused-ring (bicyclic) bond motifs is 1. The zero-order valence-corrected chi connectivity index (χ0v) is 11.3. The van der Waals surface area contributed by atoms with Crippen LogP contribution in [0.2, 0.25) is 0 Å². The Bertz CT molecular complexity index is 540. The van der Waals surface area contributed by atoms with Gasteiger partial charge in [0, 0.05) is 18.0 Å². The number of hydrogen-bond acceptors (Lipinski definition) is 4. The van der Waals surface area contributed by atoms with Crippen LogP contribution in [-0.4, -0.2) is 28.4 Å². The molecule has 0 amide bonds. The Balaban J connectivity index is 2.06. The molecule has 0 radical (unpaired) electrons. The average Bonchev–Trinajstić information content (AvgIpc) is 2.93. The maximum atomic E-state index is 6.16. The Morgan fingerprint density at radius 3 is 3.12 bits per heavy atom. The van der Waals surface area contributed by atoms with Crippen molar-refractivity contribution in [3.8, 4) is 0 Å². The highest BCUT2D eigenvalue weighted by Crippen LogP contribution is 2.32. The van der Waals surface area contributed by atoms with Crippen LogP contribution in [0.25, 0.3) is 10.2 Å². The van der Waals surface area contributed by atoms with E-state index >= 15 is 0 Å². The molecule has 3 heterocycles. The maximum Gasteiger partial charge on any atom is 0.140 e. The molecule has 0 spiro atoms. The van der Waals surface area contributed by atoms with Crippen LogP contribution in [0.15, 0.2) is 12.4 Å². The van der Waals surface area contributed by atoms with Gasteiger partial charge in [-0.15, -0.1) is 22.9 Å². The normalized spacial score (nSPS) is 20.4. The van der Waals surface area contributed by atoms with Crippen molar-refractivity contribution in [1.29, 1.82) is 0 Å². The zero-order chi connectivity index (χ0) is 11.8. The maximum absolute atomic E-state index is 6.16. The van der Waals surface area contributed by atoms with E-state index in [0.717, 1.165) is 36.6 Å². The summed E-state index contributed by atoms with van der Waals surface area (Å²) in [5.74, 6) is 1.05. The van der Waals surface area contributed by atoms with E-state index in [2.05, 4.69) is 27.9 Å². The first-order chi connectivity index (χ1) is 8.28. The first-order valence-electron chi connectivity index (χ1n) is 5.90. The van der Waals surface area contributed by atoms with E-state index in [9.17, 15) is 0 Å². The van der Waals surface area contributed by atoms with Gasteiger partial charge in [-0.1, -0.05) is 6.92 Å². The molecule has 2 aromatic rings. The minimum atomic E-state index is 0.254. The number of alkyl halides is 1. The molecule has 0 saturated carbocycles. The SMILES string of the molecule is CCc1cc2c(N3CCC(Cl)C3)ncnc2s1. The number of halogens is 1. The van der Waals surface area contributed by atoms with Gasteiger partial charge in [-0.3, -0.25) is 0 Å². The lowest BCUT2D eigenvalue weighted by molar-refractivity contribution is 0.940. The van der Waals surface area contributed by atoms with Gasteiger partial charge in [0.25, 0.3) is 0 Å². The molecule has 1 atom stereocenters. The molecule has 0 bridgehead atoms. The minimum absolute atomic E-state index is 0.254. The third-order valence-electron chi connectivity index (χ3n) is 3.14. The van der Waals surface area contributed by atoms with E-state index in [-0.39, 0.29) is 5.38 Å². The van der Waals surface area contributed by atoms with Gasteiger partial charge in [0.15, 0.2) is 0 Å². The number of nitrogens with zero attached hydrogens (tertiary/aromatic N) is 3. The molecule has 1 saturated heterocycles. The fourth-order valence-electron chi connectivity index (χ4n) is 2.23. The molecule has 3 nitrogen and oxygen atoms in total. The molecule has 1 aliphatic rings. The highest BCUT2D eigenvalue weighted by atomic mass is 35.5. The molecule has 1 unspecified atom stereocenters. The first-order valence-corrected chi connectivity index (χ1v) is 7.15. The predicted octanol–water partition coefficient (Wildman–Crippen LogP) is 3.07. The second-order valence-corrected chi connectivity index (χ2v) is 6.05. The largest absolute Gasteiger partial charge is 0.354 e. The molecule has 0 aromatic carbocycles. The second-order valence-electron chi connectivity index (χ2n) is 4.31. The number of hydrogen-bond donors (Lipinski definition) is 0. The molecular weight excluding hydrogens is 254 g/mol. The van der Waals surface area contributed by atoms with Crippen molar-refractivity contribution < 1.29 is 0 Å². The number of aryl methyl sites for hydroxylation is 1. The number of rotatable bonds is 2. The summed E-state index contributed by atoms with van der Waals surface area (Å²) < 4.78 is 0. The number of anilines is 1. The lowest BCUT2D eigenvalue weighted by Gasteiger charge is -2.16. The standard InChI is InChI=1S/C12H14ClN3S/c1-2-9-5-10-11(14-7-15-12(10)17-9)16-4-3-8(13)6-16/h5,7-8H,2-4,6H2,1H3. The Labute approximate surface area is 109 Å². The Morgan fingerprint density at radius 2 is 2.41 bits per heavy atom. The molecule has 1 aliphatic heterocycles. The average molecular weight is 268 g/mol. The molecule has 0 N–H and O–H groups in total. The summed E-state index contributed by atoms with van der Waals surface area (Å²) in [6, 6.07) is 2.22. The monoisotopic (exact) mass is 267 g/mol. The van der Waals surface area contributed by atoms with Crippen LogP contribution in [0.4, 0.5) is 5.82 Å². The van der Waals surface area contributed by atoms with Gasteiger partial charge in [0.05, 0.1) is 10.8 Å². The van der Waals surface area contributed by atoms with Crippen LogP contribution in [0.3, 0.4) is 0 Å². The van der Waals surface area contributed by atoms with Crippen molar-refractivity contribution in [2.24, 2.45) is 0 Å². The van der Waals surface area contributed by atoms with Crippen LogP contribution in [0, 0.1) is 0 Å². The number of thiophene rings is 1. The summed E-state index contributed by atoms with van der Waals surface area (Å²) >= 11 is 7.92. The Morgan fingerprint density at radius 1 is 1.53 bits per heavy atom. The molecule has 17 heavy (non-hydrogen) atoms. The van der Waals surface area contributed by atoms with Crippen molar-refractivity contribution in [3.63, 3.8) is 0 Å². The highest BCUT2D eigenvalue weighted by Gasteiger charge is 2.23. The fraction of sp³-hybridized carbons (Fsp3) is 0.500. The first kappa shape index (κ1) is 11.2. The van der Waals surface area contributed by atoms with Gasteiger partial charge in [-0.05, 0) is 18.9 Å². The fourth-order valence-corrected chi connectivity index (χ4v) is 3.42. The Hall–Kier alpha value is -0.870. The van der Waals surface area contributed by atoms with Gasteiger partial charge in [-0.25, -0.2) is 9.97 Å². The minimum Gasteiger partial charge on any atom is -0.354 e. The van der Waals surface area contributed by atoms with E-state index in [4.69, 9.17) is 11.6 Å². The van der Waals surface area contributed by atoms with E-state index < -0.39 is 0 Å². The summed E-state index contributed by atoms with van der Waals surface area (Å²) in [5.41, 5.74) is 0. The summed E-state index contributed by atoms with van der Waals surface area (Å²) in [6.07, 6.45) is 3.76. The second kappa shape index (κ2) is 4.42. The van der Waals surface area contributed by atoms with Crippen LogP contribution in [0.5, 0.6) is 0 Å². The summed E-state index contributed by atoms with van der Waals surface area (Å²) in [6.45, 7) is 4.06.